The van der Waals surface area contributed by atoms with Crippen LogP contribution in [0.5, 0.6) is 0 Å². The highest BCUT2D eigenvalue weighted by atomic mass is 16.2. The van der Waals surface area contributed by atoms with Crippen LogP contribution in [0, 0.1) is 11.3 Å². The summed E-state index contributed by atoms with van der Waals surface area (Å²) in [6.07, 6.45) is 0. The standard InChI is InChI=1S/C13H14O2/c1-13(2,3)10-11(14)8-6-4-5-7-9(8)12(10)15/h4-7,10H,1-3H3. The highest BCUT2D eigenvalue weighted by Crippen LogP contribution is 2.37. The SMILES string of the molecule is CC(C)(C)C1C(=O)c2ccccc2C1=O. The van der Waals surface area contributed by atoms with Crippen LogP contribution in [0.15, 0.2) is 24.3 Å². The molecule has 0 saturated heterocycles. The van der Waals surface area contributed by atoms with E-state index in [-0.39, 0.29) is 17.0 Å². The monoisotopic (exact) mass is 202 g/mol. The van der Waals surface area contributed by atoms with Crippen LogP contribution in [0.3, 0.4) is 0 Å². The Hall–Kier alpha value is -1.44. The number of rotatable bonds is 0. The molecule has 0 aliphatic heterocycles. The van der Waals surface area contributed by atoms with Gasteiger partial charge in [0.2, 0.25) is 0 Å². The van der Waals surface area contributed by atoms with E-state index in [4.69, 9.17) is 0 Å². The van der Waals surface area contributed by atoms with Gasteiger partial charge in [0.15, 0.2) is 11.6 Å². The molecule has 0 atom stereocenters. The first-order valence-electron chi connectivity index (χ1n) is 5.10. The van der Waals surface area contributed by atoms with E-state index in [9.17, 15) is 9.59 Å². The Kier molecular flexibility index (Phi) is 2.03. The van der Waals surface area contributed by atoms with E-state index in [0.717, 1.165) is 0 Å². The van der Waals surface area contributed by atoms with Gasteiger partial charge in [-0.25, -0.2) is 0 Å². The Labute approximate surface area is 89.3 Å². The van der Waals surface area contributed by atoms with Crippen LogP contribution >= 0.6 is 0 Å². The third-order valence-electron chi connectivity index (χ3n) is 2.85. The van der Waals surface area contributed by atoms with Crippen LogP contribution in [0.2, 0.25) is 0 Å². The molecule has 1 aliphatic carbocycles. The van der Waals surface area contributed by atoms with E-state index >= 15 is 0 Å². The lowest BCUT2D eigenvalue weighted by atomic mass is 9.78. The van der Waals surface area contributed by atoms with Crippen molar-refractivity contribution in [3.8, 4) is 0 Å². The first-order valence-corrected chi connectivity index (χ1v) is 5.10. The number of carbonyl (C=O) groups excluding carboxylic acids is 2. The van der Waals surface area contributed by atoms with Gasteiger partial charge < -0.3 is 0 Å². The molecule has 0 saturated carbocycles. The van der Waals surface area contributed by atoms with Gasteiger partial charge in [0.1, 0.15) is 0 Å². The van der Waals surface area contributed by atoms with Gasteiger partial charge in [0.25, 0.3) is 0 Å². The minimum Gasteiger partial charge on any atom is -0.293 e. The largest absolute Gasteiger partial charge is 0.293 e. The van der Waals surface area contributed by atoms with Gasteiger partial charge in [-0.3, -0.25) is 9.59 Å². The van der Waals surface area contributed by atoms with Gasteiger partial charge in [-0.2, -0.15) is 0 Å². The van der Waals surface area contributed by atoms with Crippen molar-refractivity contribution in [2.24, 2.45) is 11.3 Å². The average molecular weight is 202 g/mol. The fraction of sp³-hybridized carbons (Fsp3) is 0.385. The lowest BCUT2D eigenvalue weighted by Gasteiger charge is -2.23. The van der Waals surface area contributed by atoms with Gasteiger partial charge in [-0.05, 0) is 5.41 Å². The van der Waals surface area contributed by atoms with Crippen molar-refractivity contribution in [2.75, 3.05) is 0 Å². The van der Waals surface area contributed by atoms with Crippen LogP contribution < -0.4 is 0 Å². The fourth-order valence-electron chi connectivity index (χ4n) is 2.13. The van der Waals surface area contributed by atoms with Crippen molar-refractivity contribution in [2.45, 2.75) is 20.8 Å². The summed E-state index contributed by atoms with van der Waals surface area (Å²) in [5, 5.41) is 0. The van der Waals surface area contributed by atoms with E-state index in [1.165, 1.54) is 0 Å². The third-order valence-corrected chi connectivity index (χ3v) is 2.85. The van der Waals surface area contributed by atoms with Gasteiger partial charge in [0, 0.05) is 11.1 Å². The molecule has 0 amide bonds. The van der Waals surface area contributed by atoms with Gasteiger partial charge in [-0.1, -0.05) is 45.0 Å². The number of carbonyl (C=O) groups is 2. The average Bonchev–Trinajstić information content (AvgIpc) is 2.39. The van der Waals surface area contributed by atoms with Crippen LogP contribution in [0.1, 0.15) is 41.5 Å². The molecule has 1 aliphatic rings. The summed E-state index contributed by atoms with van der Waals surface area (Å²) in [6.45, 7) is 5.79. The quantitative estimate of drug-likeness (QED) is 0.606. The molecule has 0 heterocycles. The zero-order valence-electron chi connectivity index (χ0n) is 9.20. The molecule has 0 unspecified atom stereocenters. The normalized spacial score (nSPS) is 17.0. The summed E-state index contributed by atoms with van der Waals surface area (Å²) >= 11 is 0. The van der Waals surface area contributed by atoms with Gasteiger partial charge >= 0.3 is 0 Å². The first-order chi connectivity index (χ1) is 6.93. The zero-order chi connectivity index (χ0) is 11.2. The van der Waals surface area contributed by atoms with Crippen LogP contribution in [0.25, 0.3) is 0 Å². The molecule has 78 valence electrons. The number of benzene rings is 1. The predicted molar refractivity (Wildman–Crippen MR) is 58.0 cm³/mol. The zero-order valence-corrected chi connectivity index (χ0v) is 9.20. The van der Waals surface area contributed by atoms with Crippen molar-refractivity contribution < 1.29 is 9.59 Å². The number of hydrogen-bond donors (Lipinski definition) is 0. The van der Waals surface area contributed by atoms with E-state index in [1.54, 1.807) is 24.3 Å². The molecule has 0 aromatic heterocycles. The van der Waals surface area contributed by atoms with Crippen LogP contribution in [-0.4, -0.2) is 11.6 Å². The molecule has 0 bridgehead atoms. The molecule has 2 rings (SSSR count). The molecule has 2 heteroatoms. The Balaban J connectivity index is 2.55. The summed E-state index contributed by atoms with van der Waals surface area (Å²) in [4.78, 5) is 24.1. The molecule has 0 N–H and O–H groups in total. The molecular formula is C13H14O2. The third kappa shape index (κ3) is 1.41. The number of Topliss-reactive ketones (excluding diaryl/α,β-unsaturated/α-hetero) is 2. The second-order valence-corrected chi connectivity index (χ2v) is 5.07. The van der Waals surface area contributed by atoms with E-state index in [0.29, 0.717) is 11.1 Å². The Morgan fingerprint density at radius 3 is 1.67 bits per heavy atom. The molecule has 0 radical (unpaired) electrons. The molecular weight excluding hydrogens is 188 g/mol. The fourth-order valence-corrected chi connectivity index (χ4v) is 2.13. The Bertz CT molecular complexity index is 403. The summed E-state index contributed by atoms with van der Waals surface area (Å²) in [5.41, 5.74) is 0.873. The van der Waals surface area contributed by atoms with Crippen molar-refractivity contribution in [1.29, 1.82) is 0 Å². The highest BCUT2D eigenvalue weighted by molar-refractivity contribution is 6.26. The Morgan fingerprint density at radius 1 is 0.933 bits per heavy atom. The van der Waals surface area contributed by atoms with Gasteiger partial charge in [0.05, 0.1) is 5.92 Å². The lowest BCUT2D eigenvalue weighted by Crippen LogP contribution is -2.29. The maximum atomic E-state index is 12.0. The molecule has 15 heavy (non-hydrogen) atoms. The molecule has 1 aromatic carbocycles. The molecule has 0 spiro atoms. The van der Waals surface area contributed by atoms with Crippen molar-refractivity contribution in [1.82, 2.24) is 0 Å². The maximum absolute atomic E-state index is 12.0. The summed E-state index contributed by atoms with van der Waals surface area (Å²) < 4.78 is 0. The van der Waals surface area contributed by atoms with Crippen molar-refractivity contribution in [3.05, 3.63) is 35.4 Å². The second-order valence-electron chi connectivity index (χ2n) is 5.07. The lowest BCUT2D eigenvalue weighted by molar-refractivity contribution is 0.0728. The summed E-state index contributed by atoms with van der Waals surface area (Å²) in [6, 6.07) is 7.08. The smallest absolute Gasteiger partial charge is 0.174 e. The first kappa shape index (κ1) is 10.1. The molecule has 0 fully saturated rings. The van der Waals surface area contributed by atoms with Gasteiger partial charge in [-0.15, -0.1) is 0 Å². The van der Waals surface area contributed by atoms with E-state index in [2.05, 4.69) is 0 Å². The number of hydrogen-bond acceptors (Lipinski definition) is 2. The summed E-state index contributed by atoms with van der Waals surface area (Å²) in [5.74, 6) is -0.555. The van der Waals surface area contributed by atoms with E-state index in [1.807, 2.05) is 20.8 Å². The summed E-state index contributed by atoms with van der Waals surface area (Å²) in [7, 11) is 0. The highest BCUT2D eigenvalue weighted by Gasteiger charge is 2.44. The molecule has 1 aromatic rings. The Morgan fingerprint density at radius 2 is 1.33 bits per heavy atom. The van der Waals surface area contributed by atoms with Crippen molar-refractivity contribution in [3.63, 3.8) is 0 Å². The maximum Gasteiger partial charge on any atom is 0.174 e. The minimum absolute atomic E-state index is 0.0249. The van der Waals surface area contributed by atoms with E-state index < -0.39 is 5.92 Å². The topological polar surface area (TPSA) is 34.1 Å². The predicted octanol–water partition coefficient (Wildman–Crippen LogP) is 2.73. The number of ketones is 2. The van der Waals surface area contributed by atoms with Crippen LogP contribution in [-0.2, 0) is 0 Å². The second kappa shape index (κ2) is 3.02. The van der Waals surface area contributed by atoms with Crippen molar-refractivity contribution >= 4 is 11.6 Å². The van der Waals surface area contributed by atoms with Crippen LogP contribution in [0.4, 0.5) is 0 Å². The minimum atomic E-state index is -0.505. The number of fused-ring (bicyclic) bond motifs is 1. The molecule has 2 nitrogen and oxygen atoms in total.